The van der Waals surface area contributed by atoms with Crippen LogP contribution in [0.1, 0.15) is 33.4 Å². The first kappa shape index (κ1) is 18.5. The zero-order valence-corrected chi connectivity index (χ0v) is 14.9. The minimum absolute atomic E-state index is 0.259. The van der Waals surface area contributed by atoms with E-state index in [1.54, 1.807) is 6.07 Å². The first-order valence-electron chi connectivity index (χ1n) is 7.57. The third-order valence-corrected chi connectivity index (χ3v) is 4.04. The molecule has 2 rings (SSSR count). The fraction of sp³-hybridized carbons (Fsp3) is 0.312. The summed E-state index contributed by atoms with van der Waals surface area (Å²) in [6.07, 6.45) is 0.533. The number of nitrogens with one attached hydrogen (secondary N) is 2. The number of rotatable bonds is 5. The number of carbonyl (C=O) groups is 3. The molecule has 0 unspecified atom stereocenters. The molecule has 3 amide bonds. The van der Waals surface area contributed by atoms with E-state index in [0.29, 0.717) is 17.8 Å². The molecule has 25 heavy (non-hydrogen) atoms. The lowest BCUT2D eigenvalue weighted by atomic mass is 10.1. The minimum atomic E-state index is -0.730. The molecule has 0 aliphatic heterocycles. The highest BCUT2D eigenvalue weighted by atomic mass is 32.1. The first-order valence-corrected chi connectivity index (χ1v) is 8.34. The summed E-state index contributed by atoms with van der Waals surface area (Å²) >= 11 is 0.906. The molecule has 0 bridgehead atoms. The Morgan fingerprint density at radius 2 is 2.00 bits per heavy atom. The van der Waals surface area contributed by atoms with Crippen molar-refractivity contribution in [3.05, 3.63) is 39.9 Å². The van der Waals surface area contributed by atoms with Gasteiger partial charge in [-0.15, -0.1) is 5.10 Å². The Morgan fingerprint density at radius 3 is 2.68 bits per heavy atom. The smallest absolute Gasteiger partial charge is 0.352 e. The second-order valence-corrected chi connectivity index (χ2v) is 6.05. The van der Waals surface area contributed by atoms with E-state index in [4.69, 9.17) is 4.74 Å². The SMILES string of the molecule is CCc1nnsc1C(=O)OCC(=O)NC(=O)Nc1ccc(C)cc1C. The third kappa shape index (κ3) is 5.08. The number of hydrogen-bond donors (Lipinski definition) is 2. The van der Waals surface area contributed by atoms with Gasteiger partial charge < -0.3 is 10.1 Å². The minimum Gasteiger partial charge on any atom is -0.451 e. The molecular weight excluding hydrogens is 344 g/mol. The maximum Gasteiger partial charge on any atom is 0.352 e. The monoisotopic (exact) mass is 362 g/mol. The number of amides is 3. The van der Waals surface area contributed by atoms with Crippen molar-refractivity contribution in [2.45, 2.75) is 27.2 Å². The van der Waals surface area contributed by atoms with Crippen LogP contribution in [-0.4, -0.2) is 34.1 Å². The van der Waals surface area contributed by atoms with Crippen LogP contribution in [0.4, 0.5) is 10.5 Å². The average Bonchev–Trinajstić information content (AvgIpc) is 3.04. The van der Waals surface area contributed by atoms with Crippen LogP contribution >= 0.6 is 11.5 Å². The molecule has 2 aromatic rings. The number of aromatic nitrogens is 2. The molecule has 9 heteroatoms. The zero-order valence-electron chi connectivity index (χ0n) is 14.1. The first-order chi connectivity index (χ1) is 11.9. The van der Waals surface area contributed by atoms with Gasteiger partial charge in [-0.05, 0) is 43.4 Å². The molecule has 0 radical (unpaired) electrons. The van der Waals surface area contributed by atoms with Crippen LogP contribution in [0, 0.1) is 13.8 Å². The van der Waals surface area contributed by atoms with Crippen molar-refractivity contribution >= 4 is 35.1 Å². The van der Waals surface area contributed by atoms with Gasteiger partial charge in [-0.2, -0.15) is 0 Å². The fourth-order valence-electron chi connectivity index (χ4n) is 2.06. The van der Waals surface area contributed by atoms with Gasteiger partial charge in [0, 0.05) is 5.69 Å². The van der Waals surface area contributed by atoms with Gasteiger partial charge in [0.2, 0.25) is 0 Å². The summed E-state index contributed by atoms with van der Waals surface area (Å²) in [4.78, 5) is 35.7. The van der Waals surface area contributed by atoms with Crippen LogP contribution in [0.3, 0.4) is 0 Å². The second-order valence-electron chi connectivity index (χ2n) is 5.30. The molecule has 0 aliphatic rings. The van der Waals surface area contributed by atoms with Crippen molar-refractivity contribution < 1.29 is 19.1 Å². The summed E-state index contributed by atoms with van der Waals surface area (Å²) < 4.78 is 8.56. The average molecular weight is 362 g/mol. The Morgan fingerprint density at radius 1 is 1.24 bits per heavy atom. The molecular formula is C16H18N4O4S. The maximum atomic E-state index is 11.9. The summed E-state index contributed by atoms with van der Waals surface area (Å²) in [7, 11) is 0. The molecule has 0 aliphatic carbocycles. The molecule has 8 nitrogen and oxygen atoms in total. The van der Waals surface area contributed by atoms with E-state index in [0.717, 1.165) is 22.7 Å². The maximum absolute atomic E-state index is 11.9. The highest BCUT2D eigenvalue weighted by molar-refractivity contribution is 7.07. The van der Waals surface area contributed by atoms with Crippen molar-refractivity contribution in [1.29, 1.82) is 0 Å². The summed E-state index contributed by atoms with van der Waals surface area (Å²) in [6.45, 7) is 5.05. The highest BCUT2D eigenvalue weighted by Gasteiger charge is 2.18. The topological polar surface area (TPSA) is 110 Å². The van der Waals surface area contributed by atoms with Crippen LogP contribution in [-0.2, 0) is 16.0 Å². The lowest BCUT2D eigenvalue weighted by Gasteiger charge is -2.10. The van der Waals surface area contributed by atoms with Crippen molar-refractivity contribution in [3.63, 3.8) is 0 Å². The Labute approximate surface area is 148 Å². The van der Waals surface area contributed by atoms with E-state index >= 15 is 0 Å². The van der Waals surface area contributed by atoms with E-state index < -0.39 is 24.5 Å². The predicted molar refractivity (Wildman–Crippen MR) is 92.6 cm³/mol. The van der Waals surface area contributed by atoms with Crippen molar-refractivity contribution in [2.24, 2.45) is 0 Å². The predicted octanol–water partition coefficient (Wildman–Crippen LogP) is 2.22. The summed E-state index contributed by atoms with van der Waals surface area (Å²) in [6, 6.07) is 4.81. The van der Waals surface area contributed by atoms with Gasteiger partial charge in [-0.1, -0.05) is 29.1 Å². The molecule has 132 valence electrons. The van der Waals surface area contributed by atoms with Gasteiger partial charge in [0.15, 0.2) is 11.5 Å². The van der Waals surface area contributed by atoms with Crippen molar-refractivity contribution in [3.8, 4) is 0 Å². The van der Waals surface area contributed by atoms with Gasteiger partial charge in [-0.3, -0.25) is 10.1 Å². The molecule has 0 spiro atoms. The number of carbonyl (C=O) groups excluding carboxylic acids is 3. The lowest BCUT2D eigenvalue weighted by Crippen LogP contribution is -2.37. The van der Waals surface area contributed by atoms with Crippen molar-refractivity contribution in [2.75, 3.05) is 11.9 Å². The van der Waals surface area contributed by atoms with Crippen LogP contribution in [0.2, 0.25) is 0 Å². The van der Waals surface area contributed by atoms with E-state index in [-0.39, 0.29) is 4.88 Å². The van der Waals surface area contributed by atoms with E-state index in [1.165, 1.54) is 0 Å². The number of esters is 1. The molecule has 2 N–H and O–H groups in total. The van der Waals surface area contributed by atoms with Crippen molar-refractivity contribution in [1.82, 2.24) is 14.9 Å². The summed E-state index contributed by atoms with van der Waals surface area (Å²) in [5.74, 6) is -1.41. The van der Waals surface area contributed by atoms with E-state index in [9.17, 15) is 14.4 Å². The molecule has 1 aromatic carbocycles. The molecule has 1 aromatic heterocycles. The van der Waals surface area contributed by atoms with Gasteiger partial charge >= 0.3 is 12.0 Å². The molecule has 0 saturated heterocycles. The number of hydrogen-bond acceptors (Lipinski definition) is 7. The zero-order chi connectivity index (χ0) is 18.4. The normalized spacial score (nSPS) is 10.2. The van der Waals surface area contributed by atoms with Gasteiger partial charge in [-0.25, -0.2) is 9.59 Å². The van der Waals surface area contributed by atoms with Crippen LogP contribution in [0.25, 0.3) is 0 Å². The summed E-state index contributed by atoms with van der Waals surface area (Å²) in [5, 5.41) is 8.47. The van der Waals surface area contributed by atoms with Crippen LogP contribution < -0.4 is 10.6 Å². The molecule has 1 heterocycles. The standard InChI is InChI=1S/C16H18N4O4S/c1-4-11-14(25-20-19-11)15(22)24-8-13(21)18-16(23)17-12-6-5-9(2)7-10(12)3/h5-7H,4,8H2,1-3H3,(H2,17,18,21,23). The number of aryl methyl sites for hydroxylation is 3. The number of benzene rings is 1. The molecule has 0 saturated carbocycles. The van der Waals surface area contributed by atoms with Crippen LogP contribution in [0.15, 0.2) is 18.2 Å². The Kier molecular flexibility index (Phi) is 6.18. The quantitative estimate of drug-likeness (QED) is 0.789. The van der Waals surface area contributed by atoms with Gasteiger partial charge in [0.05, 0.1) is 5.69 Å². The molecule has 0 atom stereocenters. The lowest BCUT2D eigenvalue weighted by molar-refractivity contribution is -0.123. The Balaban J connectivity index is 1.83. The number of ether oxygens (including phenoxy) is 1. The van der Waals surface area contributed by atoms with E-state index in [1.807, 2.05) is 32.9 Å². The summed E-state index contributed by atoms with van der Waals surface area (Å²) in [5.41, 5.74) is 3.05. The highest BCUT2D eigenvalue weighted by Crippen LogP contribution is 2.15. The number of urea groups is 1. The van der Waals surface area contributed by atoms with Gasteiger partial charge in [0.1, 0.15) is 0 Å². The van der Waals surface area contributed by atoms with Crippen LogP contribution in [0.5, 0.6) is 0 Å². The Hall–Kier alpha value is -2.81. The number of nitrogens with zero attached hydrogens (tertiary/aromatic N) is 2. The largest absolute Gasteiger partial charge is 0.451 e. The fourth-order valence-corrected chi connectivity index (χ4v) is 2.71. The van der Waals surface area contributed by atoms with Gasteiger partial charge in [0.25, 0.3) is 5.91 Å². The Bertz CT molecular complexity index is 803. The third-order valence-electron chi connectivity index (χ3n) is 3.29. The number of imide groups is 1. The van der Waals surface area contributed by atoms with E-state index in [2.05, 4.69) is 20.2 Å². The molecule has 0 fully saturated rings. The second kappa shape index (κ2) is 8.34. The number of anilines is 1.